The number of ether oxygens (including phenoxy) is 1. The van der Waals surface area contributed by atoms with Gasteiger partial charge in [0.25, 0.3) is 0 Å². The van der Waals surface area contributed by atoms with E-state index >= 15 is 0 Å². The number of hydrogen-bond acceptors (Lipinski definition) is 7. The van der Waals surface area contributed by atoms with Crippen molar-refractivity contribution in [3.8, 4) is 0 Å². The van der Waals surface area contributed by atoms with Crippen LogP contribution < -0.4 is 5.32 Å². The lowest BCUT2D eigenvalue weighted by Crippen LogP contribution is -2.34. The number of aromatic nitrogens is 3. The standard InChI is InChI=1S/C28H37N5O3/c34-28(35)25(23-16-30-27(20-8-9-20)32-24(23)18-6-7-18)33-14-12-22(17-33)36-15-2-1-5-21-11-10-19-4-3-13-29-26(19)31-21/h10-11,16,18,20,22,25H,1-9,12-15,17H2,(H,29,31)(H,34,35). The lowest BCUT2D eigenvalue weighted by molar-refractivity contribution is -0.143. The summed E-state index contributed by atoms with van der Waals surface area (Å²) in [6.45, 7) is 3.08. The van der Waals surface area contributed by atoms with Gasteiger partial charge >= 0.3 is 5.97 Å². The predicted molar refractivity (Wildman–Crippen MR) is 136 cm³/mol. The molecule has 0 aromatic carbocycles. The summed E-state index contributed by atoms with van der Waals surface area (Å²) >= 11 is 0. The normalized spacial score (nSPS) is 22.7. The molecular weight excluding hydrogens is 454 g/mol. The number of carbonyl (C=O) groups is 1. The van der Waals surface area contributed by atoms with E-state index < -0.39 is 12.0 Å². The van der Waals surface area contributed by atoms with Gasteiger partial charge < -0.3 is 15.2 Å². The summed E-state index contributed by atoms with van der Waals surface area (Å²) < 4.78 is 6.18. The number of fused-ring (bicyclic) bond motifs is 1. The summed E-state index contributed by atoms with van der Waals surface area (Å²) in [5.41, 5.74) is 4.24. The summed E-state index contributed by atoms with van der Waals surface area (Å²) in [4.78, 5) is 28.7. The largest absolute Gasteiger partial charge is 0.480 e. The van der Waals surface area contributed by atoms with E-state index in [0.29, 0.717) is 25.0 Å². The minimum absolute atomic E-state index is 0.0777. The molecule has 2 aliphatic carbocycles. The van der Waals surface area contributed by atoms with Gasteiger partial charge in [0.15, 0.2) is 0 Å². The number of carboxylic acid groups (broad SMARTS) is 1. The quantitative estimate of drug-likeness (QED) is 0.451. The van der Waals surface area contributed by atoms with Gasteiger partial charge in [-0.1, -0.05) is 6.07 Å². The van der Waals surface area contributed by atoms with Gasteiger partial charge in [-0.15, -0.1) is 0 Å². The number of anilines is 1. The lowest BCUT2D eigenvalue weighted by atomic mass is 10.0. The Morgan fingerprint density at radius 1 is 1.14 bits per heavy atom. The molecule has 2 aliphatic heterocycles. The Labute approximate surface area is 212 Å². The van der Waals surface area contributed by atoms with Crippen molar-refractivity contribution in [3.63, 3.8) is 0 Å². The molecule has 2 saturated carbocycles. The molecule has 4 heterocycles. The van der Waals surface area contributed by atoms with Crippen LogP contribution in [0.25, 0.3) is 0 Å². The third-order valence-corrected chi connectivity index (χ3v) is 7.98. The van der Waals surface area contributed by atoms with Gasteiger partial charge in [-0.2, -0.15) is 0 Å². The molecular formula is C28H37N5O3. The van der Waals surface area contributed by atoms with Crippen LogP contribution in [0.3, 0.4) is 0 Å². The molecule has 2 atom stereocenters. The Kier molecular flexibility index (Phi) is 6.89. The molecule has 0 radical (unpaired) electrons. The molecule has 1 saturated heterocycles. The molecule has 0 amide bonds. The third-order valence-electron chi connectivity index (χ3n) is 7.98. The summed E-state index contributed by atoms with van der Waals surface area (Å²) in [6.07, 6.45) is 12.5. The highest BCUT2D eigenvalue weighted by molar-refractivity contribution is 5.76. The van der Waals surface area contributed by atoms with Crippen molar-refractivity contribution in [2.75, 3.05) is 31.6 Å². The first kappa shape index (κ1) is 23.8. The van der Waals surface area contributed by atoms with Gasteiger partial charge in [0.2, 0.25) is 0 Å². The van der Waals surface area contributed by atoms with E-state index in [9.17, 15) is 9.90 Å². The van der Waals surface area contributed by atoms with Gasteiger partial charge in [-0.05, 0) is 75.8 Å². The van der Waals surface area contributed by atoms with Gasteiger partial charge in [-0.25, -0.2) is 15.0 Å². The zero-order valence-corrected chi connectivity index (χ0v) is 21.0. The van der Waals surface area contributed by atoms with E-state index in [1.54, 1.807) is 0 Å². The Bertz CT molecular complexity index is 1100. The van der Waals surface area contributed by atoms with Crippen LogP contribution >= 0.6 is 0 Å². The molecule has 0 bridgehead atoms. The number of aryl methyl sites for hydroxylation is 2. The molecule has 3 fully saturated rings. The van der Waals surface area contributed by atoms with Gasteiger partial charge in [-0.3, -0.25) is 9.69 Å². The summed E-state index contributed by atoms with van der Waals surface area (Å²) in [5, 5.41) is 13.6. The molecule has 0 spiro atoms. The van der Waals surface area contributed by atoms with Crippen molar-refractivity contribution in [3.05, 3.63) is 46.7 Å². The van der Waals surface area contributed by atoms with E-state index in [1.807, 2.05) is 6.20 Å². The minimum Gasteiger partial charge on any atom is -0.480 e. The first-order chi connectivity index (χ1) is 17.7. The fourth-order valence-corrected chi connectivity index (χ4v) is 5.63. The number of carboxylic acids is 1. The van der Waals surface area contributed by atoms with Crippen LogP contribution in [0.4, 0.5) is 5.82 Å². The molecule has 2 unspecified atom stereocenters. The van der Waals surface area contributed by atoms with Crippen LogP contribution in [0.5, 0.6) is 0 Å². The predicted octanol–water partition coefficient (Wildman–Crippen LogP) is 4.22. The molecule has 4 aliphatic rings. The maximum Gasteiger partial charge on any atom is 0.325 e. The Hall–Kier alpha value is -2.58. The molecule has 8 nitrogen and oxygen atoms in total. The maximum absolute atomic E-state index is 12.4. The zero-order valence-electron chi connectivity index (χ0n) is 21.0. The summed E-state index contributed by atoms with van der Waals surface area (Å²) in [5.74, 6) is 2.04. The van der Waals surface area contributed by atoms with E-state index in [2.05, 4.69) is 27.3 Å². The van der Waals surface area contributed by atoms with Crippen molar-refractivity contribution in [2.24, 2.45) is 0 Å². The number of nitrogens with zero attached hydrogens (tertiary/aromatic N) is 4. The summed E-state index contributed by atoms with van der Waals surface area (Å²) in [6, 6.07) is 3.68. The molecule has 36 heavy (non-hydrogen) atoms. The number of hydrogen-bond donors (Lipinski definition) is 2. The highest BCUT2D eigenvalue weighted by Gasteiger charge is 2.40. The second-order valence-corrected chi connectivity index (χ2v) is 10.9. The van der Waals surface area contributed by atoms with Crippen molar-refractivity contribution in [2.45, 2.75) is 88.2 Å². The highest BCUT2D eigenvalue weighted by atomic mass is 16.5. The number of likely N-dealkylation sites (tertiary alicyclic amines) is 1. The highest BCUT2D eigenvalue weighted by Crippen LogP contribution is 2.45. The first-order valence-corrected chi connectivity index (χ1v) is 13.8. The van der Waals surface area contributed by atoms with Crippen molar-refractivity contribution < 1.29 is 14.6 Å². The van der Waals surface area contributed by atoms with Crippen LogP contribution in [-0.4, -0.2) is 63.3 Å². The van der Waals surface area contributed by atoms with Crippen LogP contribution in [0.2, 0.25) is 0 Å². The fourth-order valence-electron chi connectivity index (χ4n) is 5.63. The van der Waals surface area contributed by atoms with Crippen molar-refractivity contribution >= 4 is 11.8 Å². The van der Waals surface area contributed by atoms with Crippen molar-refractivity contribution in [1.29, 1.82) is 0 Å². The Morgan fingerprint density at radius 3 is 2.81 bits per heavy atom. The summed E-state index contributed by atoms with van der Waals surface area (Å²) in [7, 11) is 0. The fraction of sp³-hybridized carbons (Fsp3) is 0.643. The maximum atomic E-state index is 12.4. The number of pyridine rings is 1. The molecule has 2 aromatic rings. The van der Waals surface area contributed by atoms with Gasteiger partial charge in [0.1, 0.15) is 17.7 Å². The van der Waals surface area contributed by atoms with Crippen LogP contribution in [0, 0.1) is 0 Å². The zero-order chi connectivity index (χ0) is 24.5. The average molecular weight is 492 g/mol. The topological polar surface area (TPSA) is 100 Å². The molecule has 192 valence electrons. The molecule has 8 heteroatoms. The van der Waals surface area contributed by atoms with Crippen molar-refractivity contribution in [1.82, 2.24) is 19.9 Å². The minimum atomic E-state index is -0.813. The molecule has 6 rings (SSSR count). The SMILES string of the molecule is O=C(O)C(c1cnc(C2CC2)nc1C1CC1)N1CCC(OCCCCc2ccc3c(n2)NCCC3)C1. The number of nitrogens with one attached hydrogen (secondary N) is 1. The van der Waals surface area contributed by atoms with Gasteiger partial charge in [0.05, 0.1) is 11.8 Å². The molecule has 2 aromatic heterocycles. The second-order valence-electron chi connectivity index (χ2n) is 10.9. The first-order valence-electron chi connectivity index (χ1n) is 13.8. The average Bonchev–Trinajstić information content (AvgIpc) is 3.82. The monoisotopic (exact) mass is 491 g/mol. The molecule has 2 N–H and O–H groups in total. The van der Waals surface area contributed by atoms with Gasteiger partial charge in [0, 0.05) is 55.5 Å². The van der Waals surface area contributed by atoms with Crippen LogP contribution in [0.15, 0.2) is 18.3 Å². The van der Waals surface area contributed by atoms with Crippen LogP contribution in [-0.2, 0) is 22.4 Å². The third kappa shape index (κ3) is 5.39. The number of unbranched alkanes of at least 4 members (excludes halogenated alkanes) is 1. The van der Waals surface area contributed by atoms with E-state index in [0.717, 1.165) is 99.5 Å². The number of rotatable bonds is 11. The smallest absolute Gasteiger partial charge is 0.325 e. The van der Waals surface area contributed by atoms with E-state index in [4.69, 9.17) is 14.7 Å². The lowest BCUT2D eigenvalue weighted by Gasteiger charge is -2.26. The Morgan fingerprint density at radius 2 is 2.00 bits per heavy atom. The van der Waals surface area contributed by atoms with E-state index in [-0.39, 0.29) is 6.10 Å². The second kappa shape index (κ2) is 10.4. The van der Waals surface area contributed by atoms with Crippen LogP contribution in [0.1, 0.15) is 97.6 Å². The number of aliphatic carboxylic acids is 1. The Balaban J connectivity index is 1.00. The van der Waals surface area contributed by atoms with E-state index in [1.165, 1.54) is 12.0 Å².